The standard InChI is InChI=1S/C19H34O2/c1-4-14(3)21-19(20)18-12-10-17(11-13-18)16-8-6-15(5-2)7-9-16/h14-18H,4-13H2,1-3H3. The van der Waals surface area contributed by atoms with Crippen molar-refractivity contribution in [3.63, 3.8) is 0 Å². The van der Waals surface area contributed by atoms with Crippen molar-refractivity contribution in [1.82, 2.24) is 0 Å². The molecular formula is C19H34O2. The zero-order valence-corrected chi connectivity index (χ0v) is 14.3. The Kier molecular flexibility index (Phi) is 6.57. The van der Waals surface area contributed by atoms with E-state index in [1.54, 1.807) is 0 Å². The first-order valence-corrected chi connectivity index (χ1v) is 9.34. The smallest absolute Gasteiger partial charge is 0.309 e. The number of rotatable bonds is 5. The van der Waals surface area contributed by atoms with E-state index >= 15 is 0 Å². The summed E-state index contributed by atoms with van der Waals surface area (Å²) in [5.74, 6) is 3.07. The van der Waals surface area contributed by atoms with Gasteiger partial charge in [-0.25, -0.2) is 0 Å². The Labute approximate surface area is 131 Å². The topological polar surface area (TPSA) is 26.3 Å². The van der Waals surface area contributed by atoms with Crippen molar-refractivity contribution in [2.24, 2.45) is 23.7 Å². The van der Waals surface area contributed by atoms with E-state index in [-0.39, 0.29) is 18.0 Å². The molecule has 122 valence electrons. The van der Waals surface area contributed by atoms with E-state index in [0.717, 1.165) is 37.0 Å². The van der Waals surface area contributed by atoms with E-state index < -0.39 is 0 Å². The highest BCUT2D eigenvalue weighted by molar-refractivity contribution is 5.72. The quantitative estimate of drug-likeness (QED) is 0.639. The Morgan fingerprint density at radius 1 is 0.952 bits per heavy atom. The number of carbonyl (C=O) groups is 1. The molecule has 0 saturated heterocycles. The molecule has 0 radical (unpaired) electrons. The van der Waals surface area contributed by atoms with Gasteiger partial charge in [0.25, 0.3) is 0 Å². The molecule has 2 aliphatic carbocycles. The van der Waals surface area contributed by atoms with Gasteiger partial charge >= 0.3 is 5.97 Å². The Bertz CT molecular complexity index is 310. The lowest BCUT2D eigenvalue weighted by atomic mass is 9.69. The third-order valence-corrected chi connectivity index (χ3v) is 6.13. The van der Waals surface area contributed by atoms with Gasteiger partial charge in [0.1, 0.15) is 0 Å². The third kappa shape index (κ3) is 4.72. The Morgan fingerprint density at radius 2 is 1.48 bits per heavy atom. The number of hydrogen-bond acceptors (Lipinski definition) is 2. The molecule has 0 spiro atoms. The molecule has 21 heavy (non-hydrogen) atoms. The minimum atomic E-state index is 0.0671. The zero-order valence-electron chi connectivity index (χ0n) is 14.3. The van der Waals surface area contributed by atoms with Gasteiger partial charge in [0.15, 0.2) is 0 Å². The summed E-state index contributed by atoms with van der Waals surface area (Å²) in [6.07, 6.45) is 12.7. The second-order valence-electron chi connectivity index (χ2n) is 7.46. The Morgan fingerprint density at radius 3 is 1.95 bits per heavy atom. The SMILES string of the molecule is CCC1CCC(C2CCC(C(=O)OC(C)CC)CC2)CC1. The number of esters is 1. The van der Waals surface area contributed by atoms with Crippen LogP contribution in [0.5, 0.6) is 0 Å². The van der Waals surface area contributed by atoms with Crippen LogP contribution in [0.15, 0.2) is 0 Å². The zero-order chi connectivity index (χ0) is 15.2. The minimum Gasteiger partial charge on any atom is -0.462 e. The molecule has 0 bridgehead atoms. The molecule has 2 saturated carbocycles. The predicted molar refractivity (Wildman–Crippen MR) is 87.0 cm³/mol. The van der Waals surface area contributed by atoms with Crippen LogP contribution in [0.1, 0.15) is 85.0 Å². The third-order valence-electron chi connectivity index (χ3n) is 6.13. The maximum Gasteiger partial charge on any atom is 0.309 e. The molecule has 0 aromatic carbocycles. The monoisotopic (exact) mass is 294 g/mol. The second-order valence-corrected chi connectivity index (χ2v) is 7.46. The van der Waals surface area contributed by atoms with Gasteiger partial charge in [0, 0.05) is 0 Å². The van der Waals surface area contributed by atoms with Crippen LogP contribution in [0.2, 0.25) is 0 Å². The van der Waals surface area contributed by atoms with Crippen LogP contribution in [0.3, 0.4) is 0 Å². The molecular weight excluding hydrogens is 260 g/mol. The Balaban J connectivity index is 1.72. The van der Waals surface area contributed by atoms with Crippen molar-refractivity contribution >= 4 is 5.97 Å². The van der Waals surface area contributed by atoms with E-state index in [9.17, 15) is 4.79 Å². The summed E-state index contributed by atoms with van der Waals surface area (Å²) in [4.78, 5) is 12.1. The first-order chi connectivity index (χ1) is 10.1. The largest absolute Gasteiger partial charge is 0.462 e. The molecule has 0 aromatic rings. The molecule has 0 heterocycles. The molecule has 0 amide bonds. The van der Waals surface area contributed by atoms with Crippen molar-refractivity contribution in [1.29, 1.82) is 0 Å². The summed E-state index contributed by atoms with van der Waals surface area (Å²) >= 11 is 0. The lowest BCUT2D eigenvalue weighted by molar-refractivity contribution is -0.155. The van der Waals surface area contributed by atoms with Gasteiger partial charge in [-0.2, -0.15) is 0 Å². The van der Waals surface area contributed by atoms with E-state index in [1.165, 1.54) is 44.9 Å². The molecule has 2 aliphatic rings. The molecule has 0 aliphatic heterocycles. The predicted octanol–water partition coefficient (Wildman–Crippen LogP) is 5.35. The summed E-state index contributed by atoms with van der Waals surface area (Å²) in [5, 5.41) is 0. The summed E-state index contributed by atoms with van der Waals surface area (Å²) in [6.45, 7) is 6.40. The highest BCUT2D eigenvalue weighted by Crippen LogP contribution is 2.42. The van der Waals surface area contributed by atoms with Crippen LogP contribution in [0.4, 0.5) is 0 Å². The minimum absolute atomic E-state index is 0.0671. The molecule has 2 fully saturated rings. The van der Waals surface area contributed by atoms with Crippen LogP contribution in [0, 0.1) is 23.7 Å². The van der Waals surface area contributed by atoms with Crippen LogP contribution < -0.4 is 0 Å². The lowest BCUT2D eigenvalue weighted by Gasteiger charge is -2.37. The maximum atomic E-state index is 12.1. The summed E-state index contributed by atoms with van der Waals surface area (Å²) in [6, 6.07) is 0. The van der Waals surface area contributed by atoms with E-state index in [4.69, 9.17) is 4.74 Å². The van der Waals surface area contributed by atoms with Gasteiger partial charge in [0.2, 0.25) is 0 Å². The van der Waals surface area contributed by atoms with Crippen LogP contribution in [-0.4, -0.2) is 12.1 Å². The molecule has 0 aromatic heterocycles. The summed E-state index contributed by atoms with van der Waals surface area (Å²) in [7, 11) is 0. The van der Waals surface area contributed by atoms with Gasteiger partial charge < -0.3 is 4.74 Å². The fourth-order valence-electron chi connectivity index (χ4n) is 4.27. The van der Waals surface area contributed by atoms with Crippen molar-refractivity contribution < 1.29 is 9.53 Å². The number of carbonyl (C=O) groups excluding carboxylic acids is 1. The van der Waals surface area contributed by atoms with E-state index in [0.29, 0.717) is 0 Å². The maximum absolute atomic E-state index is 12.1. The Hall–Kier alpha value is -0.530. The van der Waals surface area contributed by atoms with Gasteiger partial charge in [-0.3, -0.25) is 4.79 Å². The number of hydrogen-bond donors (Lipinski definition) is 0. The molecule has 2 rings (SSSR count). The molecule has 1 atom stereocenters. The van der Waals surface area contributed by atoms with E-state index in [2.05, 4.69) is 13.8 Å². The highest BCUT2D eigenvalue weighted by atomic mass is 16.5. The average molecular weight is 294 g/mol. The molecule has 0 N–H and O–H groups in total. The summed E-state index contributed by atoms with van der Waals surface area (Å²) < 4.78 is 5.51. The van der Waals surface area contributed by atoms with Crippen LogP contribution >= 0.6 is 0 Å². The average Bonchev–Trinajstić information content (AvgIpc) is 2.55. The number of ether oxygens (including phenoxy) is 1. The highest BCUT2D eigenvalue weighted by Gasteiger charge is 2.33. The second kappa shape index (κ2) is 8.19. The van der Waals surface area contributed by atoms with Crippen molar-refractivity contribution in [2.75, 3.05) is 0 Å². The molecule has 2 heteroatoms. The van der Waals surface area contributed by atoms with Gasteiger partial charge in [0.05, 0.1) is 12.0 Å². The van der Waals surface area contributed by atoms with Crippen molar-refractivity contribution in [3.8, 4) is 0 Å². The lowest BCUT2D eigenvalue weighted by Crippen LogP contribution is -2.30. The van der Waals surface area contributed by atoms with Gasteiger partial charge in [-0.1, -0.05) is 33.1 Å². The fraction of sp³-hybridized carbons (Fsp3) is 0.947. The fourth-order valence-corrected chi connectivity index (χ4v) is 4.27. The normalized spacial score (nSPS) is 35.2. The summed E-state index contributed by atoms with van der Waals surface area (Å²) in [5.41, 5.74) is 0. The molecule has 2 nitrogen and oxygen atoms in total. The van der Waals surface area contributed by atoms with Crippen LogP contribution in [-0.2, 0) is 9.53 Å². The van der Waals surface area contributed by atoms with Gasteiger partial charge in [-0.05, 0) is 69.6 Å². The first-order valence-electron chi connectivity index (χ1n) is 9.34. The van der Waals surface area contributed by atoms with E-state index in [1.807, 2.05) is 6.92 Å². The van der Waals surface area contributed by atoms with Crippen molar-refractivity contribution in [2.45, 2.75) is 91.1 Å². The van der Waals surface area contributed by atoms with Gasteiger partial charge in [-0.15, -0.1) is 0 Å². The first kappa shape index (κ1) is 16.8. The van der Waals surface area contributed by atoms with Crippen LogP contribution in [0.25, 0.3) is 0 Å². The molecule has 1 unspecified atom stereocenters. The van der Waals surface area contributed by atoms with Crippen molar-refractivity contribution in [3.05, 3.63) is 0 Å².